The lowest BCUT2D eigenvalue weighted by Gasteiger charge is -2.24. The molecule has 0 spiro atoms. The van der Waals surface area contributed by atoms with Crippen molar-refractivity contribution in [1.82, 2.24) is 10.9 Å². The standard InChI is InChI=1S/C21H26N2O4/c1-13(2)12-26-16-8-9-18(19(24)11-16)20-21(14(3)22-23-20)27-17-7-5-6-15(10-17)25-4/h5-11,14,20-24H,1,12H2,2-4H3. The second-order valence-corrected chi connectivity index (χ2v) is 6.78. The molecule has 1 heterocycles. The second-order valence-electron chi connectivity index (χ2n) is 6.78. The Morgan fingerprint density at radius 3 is 2.59 bits per heavy atom. The molecule has 3 atom stereocenters. The van der Waals surface area contributed by atoms with Crippen LogP contribution in [0.1, 0.15) is 25.5 Å². The number of rotatable bonds is 7. The molecule has 0 aliphatic carbocycles. The molecule has 6 heteroatoms. The van der Waals surface area contributed by atoms with Crippen LogP contribution in [0.5, 0.6) is 23.0 Å². The van der Waals surface area contributed by atoms with E-state index in [1.54, 1.807) is 13.2 Å². The minimum Gasteiger partial charge on any atom is -0.507 e. The van der Waals surface area contributed by atoms with E-state index in [0.717, 1.165) is 16.9 Å². The third-order valence-electron chi connectivity index (χ3n) is 4.42. The number of nitrogens with one attached hydrogen (secondary N) is 2. The molecule has 27 heavy (non-hydrogen) atoms. The zero-order chi connectivity index (χ0) is 19.4. The number of methoxy groups -OCH3 is 1. The van der Waals surface area contributed by atoms with Gasteiger partial charge in [-0.3, -0.25) is 5.43 Å². The van der Waals surface area contributed by atoms with Gasteiger partial charge in [-0.25, -0.2) is 5.43 Å². The summed E-state index contributed by atoms with van der Waals surface area (Å²) in [5.74, 6) is 2.20. The molecule has 1 saturated heterocycles. The predicted octanol–water partition coefficient (Wildman–Crippen LogP) is 3.34. The van der Waals surface area contributed by atoms with Gasteiger partial charge in [-0.1, -0.05) is 12.6 Å². The summed E-state index contributed by atoms with van der Waals surface area (Å²) in [5, 5.41) is 10.5. The van der Waals surface area contributed by atoms with E-state index < -0.39 is 0 Å². The van der Waals surface area contributed by atoms with Crippen LogP contribution in [0.15, 0.2) is 54.6 Å². The van der Waals surface area contributed by atoms with Crippen molar-refractivity contribution in [2.24, 2.45) is 0 Å². The van der Waals surface area contributed by atoms with E-state index in [0.29, 0.717) is 18.1 Å². The number of benzene rings is 2. The number of phenols is 1. The average Bonchev–Trinajstić information content (AvgIpc) is 3.00. The average molecular weight is 370 g/mol. The van der Waals surface area contributed by atoms with Crippen LogP contribution in [-0.2, 0) is 0 Å². The smallest absolute Gasteiger partial charge is 0.136 e. The summed E-state index contributed by atoms with van der Waals surface area (Å²) in [6.45, 7) is 8.15. The summed E-state index contributed by atoms with van der Waals surface area (Å²) in [6.07, 6.45) is -0.217. The van der Waals surface area contributed by atoms with Crippen molar-refractivity contribution in [3.8, 4) is 23.0 Å². The molecule has 2 aromatic rings. The number of hydrogen-bond donors (Lipinski definition) is 3. The minimum absolute atomic E-state index is 0.0416. The lowest BCUT2D eigenvalue weighted by atomic mass is 9.98. The van der Waals surface area contributed by atoms with Crippen LogP contribution in [0.2, 0.25) is 0 Å². The maximum Gasteiger partial charge on any atom is 0.136 e. The first-order valence-corrected chi connectivity index (χ1v) is 8.90. The van der Waals surface area contributed by atoms with Crippen LogP contribution < -0.4 is 25.1 Å². The van der Waals surface area contributed by atoms with E-state index in [-0.39, 0.29) is 23.9 Å². The Kier molecular flexibility index (Phi) is 5.88. The zero-order valence-electron chi connectivity index (χ0n) is 15.9. The molecule has 0 bridgehead atoms. The molecule has 0 aromatic heterocycles. The molecule has 1 fully saturated rings. The van der Waals surface area contributed by atoms with Crippen LogP contribution in [0.4, 0.5) is 0 Å². The van der Waals surface area contributed by atoms with Crippen LogP contribution in [-0.4, -0.2) is 31.0 Å². The van der Waals surface area contributed by atoms with Crippen molar-refractivity contribution in [3.63, 3.8) is 0 Å². The Morgan fingerprint density at radius 1 is 1.11 bits per heavy atom. The third-order valence-corrected chi connectivity index (χ3v) is 4.42. The molecular formula is C21H26N2O4. The Labute approximate surface area is 159 Å². The van der Waals surface area contributed by atoms with Crippen LogP contribution in [0.3, 0.4) is 0 Å². The van der Waals surface area contributed by atoms with Gasteiger partial charge >= 0.3 is 0 Å². The minimum atomic E-state index is -0.221. The fourth-order valence-corrected chi connectivity index (χ4v) is 3.01. The van der Waals surface area contributed by atoms with Crippen molar-refractivity contribution < 1.29 is 19.3 Å². The molecule has 3 rings (SSSR count). The monoisotopic (exact) mass is 370 g/mol. The Morgan fingerprint density at radius 2 is 1.89 bits per heavy atom. The molecular weight excluding hydrogens is 344 g/mol. The SMILES string of the molecule is C=C(C)COc1ccc(C2NNC(C)C2Oc2cccc(OC)c2)c(O)c1. The summed E-state index contributed by atoms with van der Waals surface area (Å²) in [4.78, 5) is 0. The maximum absolute atomic E-state index is 10.5. The first-order chi connectivity index (χ1) is 13.0. The molecule has 6 nitrogen and oxygen atoms in total. The van der Waals surface area contributed by atoms with Crippen molar-refractivity contribution in [2.75, 3.05) is 13.7 Å². The van der Waals surface area contributed by atoms with Crippen molar-refractivity contribution in [2.45, 2.75) is 32.0 Å². The Hall–Kier alpha value is -2.70. The molecule has 0 amide bonds. The molecule has 1 aliphatic heterocycles. The van der Waals surface area contributed by atoms with Gasteiger partial charge in [-0.2, -0.15) is 0 Å². The first kappa shape index (κ1) is 19.1. The highest BCUT2D eigenvalue weighted by Gasteiger charge is 2.37. The number of hydrogen-bond acceptors (Lipinski definition) is 6. The number of hydrazine groups is 1. The van der Waals surface area contributed by atoms with Gasteiger partial charge < -0.3 is 19.3 Å². The lowest BCUT2D eigenvalue weighted by molar-refractivity contribution is 0.170. The van der Waals surface area contributed by atoms with E-state index in [9.17, 15) is 5.11 Å². The zero-order valence-corrected chi connectivity index (χ0v) is 15.9. The van der Waals surface area contributed by atoms with Crippen LogP contribution in [0, 0.1) is 0 Å². The normalized spacial score (nSPS) is 21.7. The first-order valence-electron chi connectivity index (χ1n) is 8.90. The largest absolute Gasteiger partial charge is 0.507 e. The number of aromatic hydroxyl groups is 1. The van der Waals surface area contributed by atoms with Crippen molar-refractivity contribution in [3.05, 3.63) is 60.2 Å². The van der Waals surface area contributed by atoms with Gasteiger partial charge in [0, 0.05) is 17.7 Å². The highest BCUT2D eigenvalue weighted by Crippen LogP contribution is 2.35. The van der Waals surface area contributed by atoms with E-state index in [1.165, 1.54) is 0 Å². The van der Waals surface area contributed by atoms with Gasteiger partial charge in [-0.15, -0.1) is 0 Å². The molecule has 0 radical (unpaired) electrons. The van der Waals surface area contributed by atoms with Crippen LogP contribution >= 0.6 is 0 Å². The molecule has 1 aliphatic rings. The highest BCUT2D eigenvalue weighted by molar-refractivity contribution is 5.43. The van der Waals surface area contributed by atoms with E-state index >= 15 is 0 Å². The van der Waals surface area contributed by atoms with Gasteiger partial charge in [0.15, 0.2) is 0 Å². The van der Waals surface area contributed by atoms with Gasteiger partial charge in [0.25, 0.3) is 0 Å². The van der Waals surface area contributed by atoms with Gasteiger partial charge in [0.05, 0.1) is 19.2 Å². The molecule has 0 saturated carbocycles. The van der Waals surface area contributed by atoms with E-state index in [1.807, 2.05) is 50.2 Å². The second kappa shape index (κ2) is 8.33. The summed E-state index contributed by atoms with van der Waals surface area (Å²) < 4.78 is 17.1. The predicted molar refractivity (Wildman–Crippen MR) is 104 cm³/mol. The highest BCUT2D eigenvalue weighted by atomic mass is 16.5. The fraction of sp³-hybridized carbons (Fsp3) is 0.333. The summed E-state index contributed by atoms with van der Waals surface area (Å²) in [7, 11) is 1.62. The number of phenolic OH excluding ortho intramolecular Hbond substituents is 1. The molecule has 144 valence electrons. The molecule has 3 unspecified atom stereocenters. The Balaban J connectivity index is 1.79. The topological polar surface area (TPSA) is 72.0 Å². The van der Waals surface area contributed by atoms with Gasteiger partial charge in [0.1, 0.15) is 35.7 Å². The van der Waals surface area contributed by atoms with Crippen LogP contribution in [0.25, 0.3) is 0 Å². The van der Waals surface area contributed by atoms with Crippen molar-refractivity contribution >= 4 is 0 Å². The lowest BCUT2D eigenvalue weighted by Crippen LogP contribution is -2.33. The maximum atomic E-state index is 10.5. The van der Waals surface area contributed by atoms with Gasteiger partial charge in [-0.05, 0) is 43.7 Å². The van der Waals surface area contributed by atoms with Gasteiger partial charge in [0.2, 0.25) is 0 Å². The van der Waals surface area contributed by atoms with E-state index in [4.69, 9.17) is 14.2 Å². The Bertz CT molecular complexity index is 809. The molecule has 2 aromatic carbocycles. The quantitative estimate of drug-likeness (QED) is 0.650. The third kappa shape index (κ3) is 4.53. The summed E-state index contributed by atoms with van der Waals surface area (Å²) in [5.41, 5.74) is 8.06. The van der Waals surface area contributed by atoms with E-state index in [2.05, 4.69) is 17.4 Å². The van der Waals surface area contributed by atoms with Crippen molar-refractivity contribution in [1.29, 1.82) is 0 Å². The number of ether oxygens (including phenoxy) is 3. The fourth-order valence-electron chi connectivity index (χ4n) is 3.01. The summed E-state index contributed by atoms with van der Waals surface area (Å²) >= 11 is 0. The summed E-state index contributed by atoms with van der Waals surface area (Å²) in [6, 6.07) is 12.6. The molecule has 3 N–H and O–H groups in total.